The third-order valence-corrected chi connectivity index (χ3v) is 3.05. The zero-order valence-corrected chi connectivity index (χ0v) is 11.2. The molecule has 2 heterocycles. The predicted octanol–water partition coefficient (Wildman–Crippen LogP) is 1.86. The first-order valence-corrected chi connectivity index (χ1v) is 5.31. The zero-order valence-electron chi connectivity index (χ0n) is 8.24. The standard InChI is InChI=1S/C10H19N2.W/c1-2-6-12(7-3-1)9-10-4-5-11-8-10;/h10H,1-9H2;/q-1;. The van der Waals surface area contributed by atoms with Gasteiger partial charge in [0.1, 0.15) is 0 Å². The van der Waals surface area contributed by atoms with Crippen LogP contribution in [0.15, 0.2) is 0 Å². The summed E-state index contributed by atoms with van der Waals surface area (Å²) in [5.74, 6) is 0.892. The van der Waals surface area contributed by atoms with Gasteiger partial charge < -0.3 is 10.2 Å². The minimum absolute atomic E-state index is 0. The van der Waals surface area contributed by atoms with Crippen molar-refractivity contribution in [2.24, 2.45) is 5.92 Å². The minimum Gasteiger partial charge on any atom is -0.662 e. The first-order valence-electron chi connectivity index (χ1n) is 5.31. The molecule has 13 heavy (non-hydrogen) atoms. The molecule has 0 aromatic carbocycles. The maximum absolute atomic E-state index is 4.40. The Morgan fingerprint density at radius 2 is 1.92 bits per heavy atom. The van der Waals surface area contributed by atoms with Crippen LogP contribution in [0.25, 0.3) is 5.32 Å². The molecule has 2 fully saturated rings. The Morgan fingerprint density at radius 1 is 1.15 bits per heavy atom. The molecule has 2 nitrogen and oxygen atoms in total. The van der Waals surface area contributed by atoms with Gasteiger partial charge in [0, 0.05) is 21.1 Å². The van der Waals surface area contributed by atoms with E-state index in [1.54, 1.807) is 0 Å². The van der Waals surface area contributed by atoms with Gasteiger partial charge in [-0.25, -0.2) is 0 Å². The summed E-state index contributed by atoms with van der Waals surface area (Å²) in [5, 5.41) is 4.40. The fraction of sp³-hybridized carbons (Fsp3) is 1.00. The van der Waals surface area contributed by atoms with Crippen molar-refractivity contribution in [2.75, 3.05) is 32.7 Å². The molecule has 0 bridgehead atoms. The third-order valence-electron chi connectivity index (χ3n) is 3.05. The number of hydrogen-bond acceptors (Lipinski definition) is 1. The Hall–Kier alpha value is 0.608. The minimum atomic E-state index is 0. The molecular formula is C10H19N2W-. The van der Waals surface area contributed by atoms with Crippen LogP contribution in [0.1, 0.15) is 25.7 Å². The molecule has 0 saturated carbocycles. The Kier molecular flexibility index (Phi) is 5.53. The van der Waals surface area contributed by atoms with Crippen LogP contribution < -0.4 is 0 Å². The number of piperidine rings is 1. The monoisotopic (exact) mass is 351 g/mol. The van der Waals surface area contributed by atoms with Gasteiger partial charge in [-0.2, -0.15) is 0 Å². The van der Waals surface area contributed by atoms with E-state index in [2.05, 4.69) is 10.2 Å². The topological polar surface area (TPSA) is 17.3 Å². The Balaban J connectivity index is 0.000000845. The fourth-order valence-corrected chi connectivity index (χ4v) is 2.30. The van der Waals surface area contributed by atoms with Crippen LogP contribution in [0.3, 0.4) is 0 Å². The van der Waals surface area contributed by atoms with Crippen molar-refractivity contribution in [1.29, 1.82) is 0 Å². The van der Waals surface area contributed by atoms with E-state index in [0.717, 1.165) is 19.0 Å². The van der Waals surface area contributed by atoms with E-state index in [0.29, 0.717) is 0 Å². The first-order chi connectivity index (χ1) is 5.95. The molecule has 2 aliphatic heterocycles. The van der Waals surface area contributed by atoms with Crippen molar-refractivity contribution in [3.63, 3.8) is 0 Å². The second kappa shape index (κ2) is 6.16. The number of hydrogen-bond donors (Lipinski definition) is 0. The van der Waals surface area contributed by atoms with E-state index in [-0.39, 0.29) is 21.1 Å². The molecular weight excluding hydrogens is 332 g/mol. The van der Waals surface area contributed by atoms with Gasteiger partial charge in [-0.05, 0) is 38.4 Å². The average Bonchev–Trinajstić information content (AvgIpc) is 2.59. The van der Waals surface area contributed by atoms with E-state index in [4.69, 9.17) is 0 Å². The Labute approximate surface area is 95.7 Å². The predicted molar refractivity (Wildman–Crippen MR) is 51.5 cm³/mol. The van der Waals surface area contributed by atoms with Gasteiger partial charge in [0.2, 0.25) is 0 Å². The van der Waals surface area contributed by atoms with Crippen LogP contribution in [0, 0.1) is 5.92 Å². The summed E-state index contributed by atoms with van der Waals surface area (Å²) >= 11 is 0. The molecule has 0 N–H and O–H groups in total. The van der Waals surface area contributed by atoms with E-state index in [1.807, 2.05) is 0 Å². The molecule has 2 saturated heterocycles. The van der Waals surface area contributed by atoms with E-state index in [9.17, 15) is 0 Å². The molecule has 0 spiro atoms. The van der Waals surface area contributed by atoms with Gasteiger partial charge in [0.05, 0.1) is 0 Å². The van der Waals surface area contributed by atoms with Gasteiger partial charge >= 0.3 is 0 Å². The number of nitrogens with zero attached hydrogens (tertiary/aromatic N) is 2. The summed E-state index contributed by atoms with van der Waals surface area (Å²) in [6.45, 7) is 6.27. The van der Waals surface area contributed by atoms with Crippen molar-refractivity contribution in [1.82, 2.24) is 4.90 Å². The number of likely N-dealkylation sites (tertiary alicyclic amines) is 1. The van der Waals surface area contributed by atoms with Gasteiger partial charge in [-0.1, -0.05) is 12.8 Å². The van der Waals surface area contributed by atoms with Crippen molar-refractivity contribution in [3.05, 3.63) is 5.32 Å². The van der Waals surface area contributed by atoms with Gasteiger partial charge in [-0.3, -0.25) is 0 Å². The molecule has 0 radical (unpaired) electrons. The largest absolute Gasteiger partial charge is 0.662 e. The van der Waals surface area contributed by atoms with Crippen LogP contribution >= 0.6 is 0 Å². The average molecular weight is 351 g/mol. The molecule has 1 atom stereocenters. The molecule has 0 aliphatic carbocycles. The second-order valence-electron chi connectivity index (χ2n) is 4.15. The molecule has 2 rings (SSSR count). The van der Waals surface area contributed by atoms with Gasteiger partial charge in [-0.15, -0.1) is 13.1 Å². The first kappa shape index (κ1) is 11.7. The molecule has 1 unspecified atom stereocenters. The van der Waals surface area contributed by atoms with Crippen molar-refractivity contribution >= 4 is 0 Å². The summed E-state index contributed by atoms with van der Waals surface area (Å²) in [6, 6.07) is 0. The SMILES string of the molecule is C1CCN(CC2CC[N-]C2)CC1.[W]. The fourth-order valence-electron chi connectivity index (χ4n) is 2.30. The summed E-state index contributed by atoms with van der Waals surface area (Å²) in [4.78, 5) is 2.63. The maximum atomic E-state index is 4.40. The van der Waals surface area contributed by atoms with Crippen molar-refractivity contribution in [2.45, 2.75) is 25.7 Å². The summed E-state index contributed by atoms with van der Waals surface area (Å²) in [5.41, 5.74) is 0. The molecule has 3 heteroatoms. The summed E-state index contributed by atoms with van der Waals surface area (Å²) < 4.78 is 0. The molecule has 0 amide bonds. The van der Waals surface area contributed by atoms with Crippen LogP contribution in [-0.2, 0) is 21.1 Å². The van der Waals surface area contributed by atoms with Crippen LogP contribution in [0.4, 0.5) is 0 Å². The molecule has 76 valence electrons. The number of rotatable bonds is 2. The quantitative estimate of drug-likeness (QED) is 0.743. The molecule has 0 aromatic rings. The smallest absolute Gasteiger partial charge is 0 e. The normalized spacial score (nSPS) is 30.0. The van der Waals surface area contributed by atoms with Crippen LogP contribution in [-0.4, -0.2) is 37.6 Å². The maximum Gasteiger partial charge on any atom is 0 e. The van der Waals surface area contributed by atoms with Crippen LogP contribution in [0.2, 0.25) is 0 Å². The van der Waals surface area contributed by atoms with Gasteiger partial charge in [0.25, 0.3) is 0 Å². The van der Waals surface area contributed by atoms with Crippen molar-refractivity contribution in [3.8, 4) is 0 Å². The van der Waals surface area contributed by atoms with Gasteiger partial charge in [0.15, 0.2) is 0 Å². The molecule has 0 aromatic heterocycles. The van der Waals surface area contributed by atoms with E-state index < -0.39 is 0 Å². The summed E-state index contributed by atoms with van der Waals surface area (Å²) in [7, 11) is 0. The Morgan fingerprint density at radius 3 is 2.54 bits per heavy atom. The zero-order chi connectivity index (χ0) is 8.23. The third kappa shape index (κ3) is 3.69. The van der Waals surface area contributed by atoms with Crippen molar-refractivity contribution < 1.29 is 21.1 Å². The second-order valence-corrected chi connectivity index (χ2v) is 4.15. The molecule has 2 aliphatic rings. The van der Waals surface area contributed by atoms with E-state index >= 15 is 0 Å². The Bertz CT molecular complexity index is 129. The summed E-state index contributed by atoms with van der Waals surface area (Å²) in [6.07, 6.45) is 5.63. The van der Waals surface area contributed by atoms with E-state index in [1.165, 1.54) is 45.3 Å². The van der Waals surface area contributed by atoms with Crippen LogP contribution in [0.5, 0.6) is 0 Å².